The first-order valence-electron chi connectivity index (χ1n) is 7.40. The van der Waals surface area contributed by atoms with E-state index >= 15 is 0 Å². The molecule has 0 aliphatic heterocycles. The van der Waals surface area contributed by atoms with Gasteiger partial charge in [-0.05, 0) is 25.2 Å². The fourth-order valence-electron chi connectivity index (χ4n) is 3.11. The molecule has 0 spiro atoms. The third kappa shape index (κ3) is 2.84. The summed E-state index contributed by atoms with van der Waals surface area (Å²) < 4.78 is 0. The van der Waals surface area contributed by atoms with Crippen molar-refractivity contribution < 1.29 is 0 Å². The van der Waals surface area contributed by atoms with E-state index in [1.54, 1.807) is 6.20 Å². The number of benzene rings is 1. The largest absolute Gasteiger partial charge is 0.380 e. The Bertz CT molecular complexity index is 677. The van der Waals surface area contributed by atoms with Gasteiger partial charge < -0.3 is 5.32 Å². The van der Waals surface area contributed by atoms with Crippen LogP contribution in [0.1, 0.15) is 31.2 Å². The molecule has 1 aliphatic carbocycles. The molecule has 3 nitrogen and oxygen atoms in total. The number of fused-ring (bicyclic) bond motifs is 1. The highest BCUT2D eigenvalue weighted by molar-refractivity contribution is 7.99. The number of thioether (sulfide) groups is 1. The Hall–Kier alpha value is -1.73. The second-order valence-corrected chi connectivity index (χ2v) is 6.56. The number of pyridine rings is 1. The van der Waals surface area contributed by atoms with E-state index in [2.05, 4.69) is 22.6 Å². The van der Waals surface area contributed by atoms with Crippen LogP contribution in [0.5, 0.6) is 0 Å². The molecule has 0 amide bonds. The smallest absolute Gasteiger partial charge is 0.103 e. The molecule has 2 unspecified atom stereocenters. The second-order valence-electron chi connectivity index (χ2n) is 5.49. The number of nitrogens with one attached hydrogen (secondary N) is 1. The minimum atomic E-state index is 0.437. The fourth-order valence-corrected chi connectivity index (χ4v) is 4.05. The lowest BCUT2D eigenvalue weighted by molar-refractivity contribution is 0.475. The average Bonchev–Trinajstić information content (AvgIpc) is 2.55. The summed E-state index contributed by atoms with van der Waals surface area (Å²) in [5, 5.41) is 14.7. The lowest BCUT2D eigenvalue weighted by Gasteiger charge is -2.32. The van der Waals surface area contributed by atoms with Crippen molar-refractivity contribution in [1.29, 1.82) is 5.26 Å². The van der Waals surface area contributed by atoms with Crippen LogP contribution in [-0.4, -0.2) is 22.5 Å². The third-order valence-electron chi connectivity index (χ3n) is 4.23. The number of rotatable bonds is 3. The zero-order chi connectivity index (χ0) is 14.7. The standard InChI is InChI=1S/C17H19N3S/c1-21-16-9-5-4-8-15(16)20-17-12(10-18)11-19-14-7-3-2-6-13(14)17/h2-3,6-7,11,15-16H,4-5,8-9H2,1H3,(H,19,20). The van der Waals surface area contributed by atoms with Gasteiger partial charge in [-0.1, -0.05) is 31.0 Å². The predicted molar refractivity (Wildman–Crippen MR) is 89.6 cm³/mol. The Balaban J connectivity index is 2.00. The van der Waals surface area contributed by atoms with Gasteiger partial charge in [0, 0.05) is 22.9 Å². The van der Waals surface area contributed by atoms with Gasteiger partial charge in [-0.3, -0.25) is 4.98 Å². The van der Waals surface area contributed by atoms with E-state index in [9.17, 15) is 5.26 Å². The van der Waals surface area contributed by atoms with Gasteiger partial charge >= 0.3 is 0 Å². The van der Waals surface area contributed by atoms with Crippen molar-refractivity contribution in [3.05, 3.63) is 36.0 Å². The first-order chi connectivity index (χ1) is 10.3. The first-order valence-corrected chi connectivity index (χ1v) is 8.69. The molecule has 2 aromatic rings. The highest BCUT2D eigenvalue weighted by Crippen LogP contribution is 2.33. The molecule has 1 fully saturated rings. The molecule has 2 atom stereocenters. The van der Waals surface area contributed by atoms with E-state index in [0.29, 0.717) is 16.9 Å². The van der Waals surface area contributed by atoms with E-state index in [4.69, 9.17) is 0 Å². The van der Waals surface area contributed by atoms with E-state index in [0.717, 1.165) is 16.6 Å². The highest BCUT2D eigenvalue weighted by Gasteiger charge is 2.25. The molecule has 1 heterocycles. The van der Waals surface area contributed by atoms with Gasteiger partial charge in [-0.25, -0.2) is 0 Å². The van der Waals surface area contributed by atoms with Gasteiger partial charge in [0.25, 0.3) is 0 Å². The van der Waals surface area contributed by atoms with Gasteiger partial charge in [-0.15, -0.1) is 0 Å². The lowest BCUT2D eigenvalue weighted by atomic mass is 9.94. The Morgan fingerprint density at radius 2 is 2.10 bits per heavy atom. The van der Waals surface area contributed by atoms with Crippen molar-refractivity contribution in [2.75, 3.05) is 11.6 Å². The van der Waals surface area contributed by atoms with Crippen LogP contribution in [0.3, 0.4) is 0 Å². The van der Waals surface area contributed by atoms with Crippen LogP contribution >= 0.6 is 11.8 Å². The van der Waals surface area contributed by atoms with E-state index in [-0.39, 0.29) is 0 Å². The van der Waals surface area contributed by atoms with E-state index in [1.165, 1.54) is 25.7 Å². The second kappa shape index (κ2) is 6.36. The van der Waals surface area contributed by atoms with Crippen LogP contribution in [-0.2, 0) is 0 Å². The van der Waals surface area contributed by atoms with Crippen LogP contribution < -0.4 is 5.32 Å². The summed E-state index contributed by atoms with van der Waals surface area (Å²) in [4.78, 5) is 4.38. The third-order valence-corrected chi connectivity index (χ3v) is 5.40. The van der Waals surface area contributed by atoms with Crippen molar-refractivity contribution in [3.8, 4) is 6.07 Å². The minimum Gasteiger partial charge on any atom is -0.380 e. The number of aromatic nitrogens is 1. The molecule has 1 saturated carbocycles. The molecule has 1 aliphatic rings. The molecule has 0 saturated heterocycles. The van der Waals surface area contributed by atoms with Crippen molar-refractivity contribution in [1.82, 2.24) is 4.98 Å². The molecule has 0 bridgehead atoms. The van der Waals surface area contributed by atoms with Crippen LogP contribution in [0, 0.1) is 11.3 Å². The Labute approximate surface area is 129 Å². The van der Waals surface area contributed by atoms with Gasteiger partial charge in [0.05, 0.1) is 16.8 Å². The zero-order valence-corrected chi connectivity index (χ0v) is 13.0. The SMILES string of the molecule is CSC1CCCCC1Nc1c(C#N)cnc2ccccc12. The lowest BCUT2D eigenvalue weighted by Crippen LogP contribution is -2.34. The minimum absolute atomic E-state index is 0.437. The maximum absolute atomic E-state index is 9.40. The van der Waals surface area contributed by atoms with Gasteiger partial charge in [0.2, 0.25) is 0 Å². The van der Waals surface area contributed by atoms with Crippen molar-refractivity contribution in [3.63, 3.8) is 0 Å². The number of nitrogens with zero attached hydrogens (tertiary/aromatic N) is 2. The molecule has 3 rings (SSSR count). The molecule has 4 heteroatoms. The fraction of sp³-hybridized carbons (Fsp3) is 0.412. The van der Waals surface area contributed by atoms with Crippen LogP contribution in [0.2, 0.25) is 0 Å². The molecular formula is C17H19N3S. The highest BCUT2D eigenvalue weighted by atomic mass is 32.2. The summed E-state index contributed by atoms with van der Waals surface area (Å²) in [6, 6.07) is 10.7. The van der Waals surface area contributed by atoms with Crippen molar-refractivity contribution >= 4 is 28.4 Å². The molecule has 1 N–H and O–H groups in total. The summed E-state index contributed by atoms with van der Waals surface area (Å²) in [7, 11) is 0. The Morgan fingerprint density at radius 1 is 1.29 bits per heavy atom. The van der Waals surface area contributed by atoms with E-state index in [1.807, 2.05) is 36.0 Å². The number of nitriles is 1. The molecule has 1 aromatic heterocycles. The average molecular weight is 297 g/mol. The van der Waals surface area contributed by atoms with Gasteiger partial charge in [0.1, 0.15) is 6.07 Å². The summed E-state index contributed by atoms with van der Waals surface area (Å²) in [5.74, 6) is 0. The number of anilines is 1. The number of para-hydroxylation sites is 1. The maximum Gasteiger partial charge on any atom is 0.103 e. The molecule has 0 radical (unpaired) electrons. The van der Waals surface area contributed by atoms with Crippen molar-refractivity contribution in [2.24, 2.45) is 0 Å². The number of hydrogen-bond donors (Lipinski definition) is 1. The molecular weight excluding hydrogens is 278 g/mol. The topological polar surface area (TPSA) is 48.7 Å². The van der Waals surface area contributed by atoms with Gasteiger partial charge in [0.15, 0.2) is 0 Å². The summed E-state index contributed by atoms with van der Waals surface area (Å²) in [6.45, 7) is 0. The van der Waals surface area contributed by atoms with Crippen molar-refractivity contribution in [2.45, 2.75) is 37.0 Å². The maximum atomic E-state index is 9.40. The summed E-state index contributed by atoms with van der Waals surface area (Å²) in [5.41, 5.74) is 2.53. The monoisotopic (exact) mass is 297 g/mol. The number of hydrogen-bond acceptors (Lipinski definition) is 4. The Morgan fingerprint density at radius 3 is 2.90 bits per heavy atom. The molecule has 1 aromatic carbocycles. The quantitative estimate of drug-likeness (QED) is 0.922. The van der Waals surface area contributed by atoms with E-state index < -0.39 is 0 Å². The first kappa shape index (κ1) is 14.2. The van der Waals surface area contributed by atoms with Crippen LogP contribution in [0.15, 0.2) is 30.5 Å². The summed E-state index contributed by atoms with van der Waals surface area (Å²) >= 11 is 1.93. The predicted octanol–water partition coefficient (Wildman–Crippen LogP) is 4.19. The summed E-state index contributed by atoms with van der Waals surface area (Å²) in [6.07, 6.45) is 8.87. The Kier molecular flexibility index (Phi) is 4.31. The normalized spacial score (nSPS) is 21.9. The zero-order valence-electron chi connectivity index (χ0n) is 12.2. The van der Waals surface area contributed by atoms with Gasteiger partial charge in [-0.2, -0.15) is 17.0 Å². The molecule has 21 heavy (non-hydrogen) atoms. The van der Waals surface area contributed by atoms with Crippen LogP contribution in [0.4, 0.5) is 5.69 Å². The van der Waals surface area contributed by atoms with Crippen LogP contribution in [0.25, 0.3) is 10.9 Å². The molecule has 108 valence electrons.